The molecule has 1 atom stereocenters. The van der Waals surface area contributed by atoms with E-state index < -0.39 is 0 Å². The molecule has 0 saturated carbocycles. The Morgan fingerprint density at radius 2 is 1.59 bits per heavy atom. The zero-order valence-corrected chi connectivity index (χ0v) is 12.7. The van der Waals surface area contributed by atoms with Gasteiger partial charge in [0.2, 0.25) is 0 Å². The van der Waals surface area contributed by atoms with Crippen molar-refractivity contribution in [3.8, 4) is 11.5 Å². The van der Waals surface area contributed by atoms with E-state index in [0.717, 1.165) is 37.7 Å². The summed E-state index contributed by atoms with van der Waals surface area (Å²) >= 11 is 0. The molecule has 3 rings (SSSR count). The molecule has 0 radical (unpaired) electrons. The molecule has 0 spiro atoms. The number of rotatable bonds is 5. The Morgan fingerprint density at radius 1 is 0.955 bits per heavy atom. The first kappa shape index (κ1) is 14.8. The average Bonchev–Trinajstić information content (AvgIpc) is 2.59. The fourth-order valence-electron chi connectivity index (χ4n) is 2.81. The molecule has 0 bridgehead atoms. The van der Waals surface area contributed by atoms with Gasteiger partial charge >= 0.3 is 0 Å². The van der Waals surface area contributed by atoms with E-state index in [-0.39, 0.29) is 6.04 Å². The monoisotopic (exact) mass is 294 g/mol. The molecule has 1 aliphatic heterocycles. The second-order valence-corrected chi connectivity index (χ2v) is 5.45. The van der Waals surface area contributed by atoms with Crippen molar-refractivity contribution in [2.75, 3.05) is 26.2 Å². The molecule has 3 heteroatoms. The van der Waals surface area contributed by atoms with Gasteiger partial charge in [-0.3, -0.25) is 4.90 Å². The number of benzene rings is 2. The first-order valence-corrected chi connectivity index (χ1v) is 7.77. The van der Waals surface area contributed by atoms with Crippen LogP contribution in [-0.4, -0.2) is 31.1 Å². The normalized spacial score (nSPS) is 16.9. The van der Waals surface area contributed by atoms with E-state index in [1.165, 1.54) is 5.56 Å². The van der Waals surface area contributed by atoms with Gasteiger partial charge in [-0.2, -0.15) is 0 Å². The zero-order valence-electron chi connectivity index (χ0n) is 12.7. The van der Waals surface area contributed by atoms with Gasteiger partial charge in [-0.05, 0) is 29.8 Å². The third-order valence-electron chi connectivity index (χ3n) is 3.97. The van der Waals surface area contributed by atoms with Crippen molar-refractivity contribution in [2.24, 2.45) is 0 Å². The first-order chi connectivity index (χ1) is 10.9. The number of nitrogens with one attached hydrogen (secondary N) is 1. The van der Waals surface area contributed by atoms with E-state index >= 15 is 0 Å². The molecule has 2 aromatic rings. The lowest BCUT2D eigenvalue weighted by atomic mass is 10.0. The van der Waals surface area contributed by atoms with Crippen molar-refractivity contribution >= 4 is 0 Å². The summed E-state index contributed by atoms with van der Waals surface area (Å²) in [6.07, 6.45) is 2.03. The minimum atomic E-state index is 0.271. The highest BCUT2D eigenvalue weighted by molar-refractivity contribution is 5.35. The summed E-state index contributed by atoms with van der Waals surface area (Å²) in [4.78, 5) is 2.45. The van der Waals surface area contributed by atoms with E-state index in [9.17, 15) is 0 Å². The molecule has 1 aliphatic rings. The van der Waals surface area contributed by atoms with Crippen LogP contribution in [0.1, 0.15) is 11.6 Å². The zero-order chi connectivity index (χ0) is 15.2. The van der Waals surface area contributed by atoms with Crippen LogP contribution in [0.2, 0.25) is 0 Å². The quantitative estimate of drug-likeness (QED) is 0.853. The summed E-state index contributed by atoms with van der Waals surface area (Å²) in [6.45, 7) is 8.20. The van der Waals surface area contributed by atoms with Crippen LogP contribution in [0.5, 0.6) is 11.5 Å². The molecule has 0 aromatic heterocycles. The summed E-state index contributed by atoms with van der Waals surface area (Å²) in [6, 6.07) is 18.4. The van der Waals surface area contributed by atoms with Crippen LogP contribution < -0.4 is 10.1 Å². The van der Waals surface area contributed by atoms with E-state index in [1.807, 2.05) is 48.5 Å². The SMILES string of the molecule is C=C[C@H](c1ccc(Oc2ccccc2)cc1)N1CCNCC1. The standard InChI is InChI=1S/C19H22N2O/c1-2-19(21-14-12-20-13-15-21)16-8-10-18(11-9-16)22-17-6-4-3-5-7-17/h2-11,19-20H,1,12-15H2/t19-/m1/s1. The largest absolute Gasteiger partial charge is 0.457 e. The number of hydrogen-bond acceptors (Lipinski definition) is 3. The Bertz CT molecular complexity index is 589. The molecule has 3 nitrogen and oxygen atoms in total. The highest BCUT2D eigenvalue weighted by Crippen LogP contribution is 2.26. The molecule has 0 unspecified atom stereocenters. The second kappa shape index (κ2) is 7.25. The van der Waals surface area contributed by atoms with Gasteiger partial charge in [-0.15, -0.1) is 6.58 Å². The van der Waals surface area contributed by atoms with Crippen LogP contribution in [0, 0.1) is 0 Å². The van der Waals surface area contributed by atoms with E-state index in [4.69, 9.17) is 4.74 Å². The van der Waals surface area contributed by atoms with Gasteiger partial charge in [-0.1, -0.05) is 36.4 Å². The van der Waals surface area contributed by atoms with Gasteiger partial charge in [0.15, 0.2) is 0 Å². The lowest BCUT2D eigenvalue weighted by molar-refractivity contribution is 0.203. The maximum Gasteiger partial charge on any atom is 0.127 e. The summed E-state index contributed by atoms with van der Waals surface area (Å²) in [5.41, 5.74) is 1.26. The molecule has 22 heavy (non-hydrogen) atoms. The van der Waals surface area contributed by atoms with E-state index in [0.29, 0.717) is 0 Å². The lowest BCUT2D eigenvalue weighted by Gasteiger charge is -2.33. The number of ether oxygens (including phenoxy) is 1. The van der Waals surface area contributed by atoms with Gasteiger partial charge in [0.25, 0.3) is 0 Å². The van der Waals surface area contributed by atoms with Crippen LogP contribution in [0.25, 0.3) is 0 Å². The van der Waals surface area contributed by atoms with Gasteiger partial charge < -0.3 is 10.1 Å². The molecule has 1 saturated heterocycles. The van der Waals surface area contributed by atoms with Gasteiger partial charge in [0, 0.05) is 26.2 Å². The van der Waals surface area contributed by atoms with Crippen LogP contribution in [0.4, 0.5) is 0 Å². The van der Waals surface area contributed by atoms with Gasteiger partial charge in [0.05, 0.1) is 6.04 Å². The van der Waals surface area contributed by atoms with Crippen LogP contribution in [-0.2, 0) is 0 Å². The minimum absolute atomic E-state index is 0.271. The molecule has 1 fully saturated rings. The highest BCUT2D eigenvalue weighted by Gasteiger charge is 2.19. The van der Waals surface area contributed by atoms with Crippen molar-refractivity contribution < 1.29 is 4.74 Å². The Kier molecular flexibility index (Phi) is 4.88. The van der Waals surface area contributed by atoms with Crippen molar-refractivity contribution in [1.82, 2.24) is 10.2 Å². The maximum absolute atomic E-state index is 5.84. The fourth-order valence-corrected chi connectivity index (χ4v) is 2.81. The van der Waals surface area contributed by atoms with Crippen LogP contribution in [0.15, 0.2) is 67.3 Å². The number of para-hydroxylation sites is 1. The maximum atomic E-state index is 5.84. The average molecular weight is 294 g/mol. The summed E-state index contributed by atoms with van der Waals surface area (Å²) in [5, 5.41) is 3.39. The van der Waals surface area contributed by atoms with Gasteiger partial charge in [0.1, 0.15) is 11.5 Å². The van der Waals surface area contributed by atoms with Crippen LogP contribution in [0.3, 0.4) is 0 Å². The highest BCUT2D eigenvalue weighted by atomic mass is 16.5. The van der Waals surface area contributed by atoms with Crippen LogP contribution >= 0.6 is 0 Å². The summed E-state index contributed by atoms with van der Waals surface area (Å²) in [7, 11) is 0. The molecule has 0 amide bonds. The summed E-state index contributed by atoms with van der Waals surface area (Å²) in [5.74, 6) is 1.72. The Labute approximate surface area is 132 Å². The fraction of sp³-hybridized carbons (Fsp3) is 0.263. The van der Waals surface area contributed by atoms with Crippen molar-refractivity contribution in [2.45, 2.75) is 6.04 Å². The van der Waals surface area contributed by atoms with E-state index in [1.54, 1.807) is 0 Å². The Balaban J connectivity index is 1.71. The molecule has 114 valence electrons. The lowest BCUT2D eigenvalue weighted by Crippen LogP contribution is -2.44. The smallest absolute Gasteiger partial charge is 0.127 e. The first-order valence-electron chi connectivity index (χ1n) is 7.77. The molecule has 1 heterocycles. The van der Waals surface area contributed by atoms with Crippen molar-refractivity contribution in [3.63, 3.8) is 0 Å². The van der Waals surface area contributed by atoms with Crippen molar-refractivity contribution in [1.29, 1.82) is 0 Å². The number of hydrogen-bond donors (Lipinski definition) is 1. The second-order valence-electron chi connectivity index (χ2n) is 5.45. The topological polar surface area (TPSA) is 24.5 Å². The summed E-state index contributed by atoms with van der Waals surface area (Å²) < 4.78 is 5.84. The third kappa shape index (κ3) is 3.56. The molecule has 2 aromatic carbocycles. The predicted octanol–water partition coefficient (Wildman–Crippen LogP) is 3.61. The van der Waals surface area contributed by atoms with Gasteiger partial charge in [-0.25, -0.2) is 0 Å². The minimum Gasteiger partial charge on any atom is -0.457 e. The Morgan fingerprint density at radius 3 is 2.23 bits per heavy atom. The molecular weight excluding hydrogens is 272 g/mol. The Hall–Kier alpha value is -2.10. The number of piperazine rings is 1. The molecule has 1 N–H and O–H groups in total. The number of nitrogens with zero attached hydrogens (tertiary/aromatic N) is 1. The van der Waals surface area contributed by atoms with E-state index in [2.05, 4.69) is 28.9 Å². The molecule has 0 aliphatic carbocycles. The third-order valence-corrected chi connectivity index (χ3v) is 3.97. The molecular formula is C19H22N2O. The van der Waals surface area contributed by atoms with Crippen molar-refractivity contribution in [3.05, 3.63) is 72.8 Å². The predicted molar refractivity (Wildman–Crippen MR) is 90.3 cm³/mol.